The minimum Gasteiger partial charge on any atom is -0.360 e. The highest BCUT2D eigenvalue weighted by atomic mass is 32.2. The first-order chi connectivity index (χ1) is 11.6. The largest absolute Gasteiger partial charge is 0.360 e. The van der Waals surface area contributed by atoms with Gasteiger partial charge in [-0.1, -0.05) is 5.16 Å². The molecule has 2 heterocycles. The molecule has 1 aromatic carbocycles. The Hall–Kier alpha value is -2.85. The Bertz CT molecular complexity index is 929. The number of nitrogens with zero attached hydrogens (tertiary/aromatic N) is 4. The van der Waals surface area contributed by atoms with Crippen LogP contribution in [0.4, 0.5) is 11.6 Å². The van der Waals surface area contributed by atoms with Crippen LogP contribution >= 0.6 is 11.8 Å². The Morgan fingerprint density at radius 2 is 2.08 bits per heavy atom. The Kier molecular flexibility index (Phi) is 4.49. The lowest BCUT2D eigenvalue weighted by molar-refractivity contribution is 0.384. The van der Waals surface area contributed by atoms with E-state index in [9.17, 15) is 0 Å². The lowest BCUT2D eigenvalue weighted by Crippen LogP contribution is -2.00. The van der Waals surface area contributed by atoms with E-state index in [0.717, 1.165) is 33.3 Å². The maximum Gasteiger partial charge on any atom is 0.227 e. The highest BCUT2D eigenvalue weighted by Gasteiger charge is 2.16. The molecule has 2 aromatic heterocycles. The molecule has 6 nitrogen and oxygen atoms in total. The van der Waals surface area contributed by atoms with Gasteiger partial charge in [0, 0.05) is 11.9 Å². The smallest absolute Gasteiger partial charge is 0.227 e. The van der Waals surface area contributed by atoms with Gasteiger partial charge in [0.15, 0.2) is 0 Å². The van der Waals surface area contributed by atoms with Gasteiger partial charge in [0.1, 0.15) is 10.8 Å². The SMILES string of the molecule is CSc1noc(C)c1-c1ccnc(Nc2ccc(C#N)cc2C)n1. The third kappa shape index (κ3) is 3.09. The number of nitriles is 1. The van der Waals surface area contributed by atoms with Crippen LogP contribution in [0.25, 0.3) is 11.3 Å². The van der Waals surface area contributed by atoms with Crippen LogP contribution in [0.2, 0.25) is 0 Å². The number of aromatic nitrogens is 3. The fraction of sp³-hybridized carbons (Fsp3) is 0.176. The molecule has 0 atom stereocenters. The maximum atomic E-state index is 8.95. The molecule has 120 valence electrons. The van der Waals surface area contributed by atoms with Crippen molar-refractivity contribution in [1.82, 2.24) is 15.1 Å². The van der Waals surface area contributed by atoms with Gasteiger partial charge in [-0.05, 0) is 49.9 Å². The summed E-state index contributed by atoms with van der Waals surface area (Å²) in [6, 6.07) is 9.39. The third-order valence-corrected chi connectivity index (χ3v) is 4.20. The number of thioether (sulfide) groups is 1. The van der Waals surface area contributed by atoms with Crippen molar-refractivity contribution in [3.05, 3.63) is 47.3 Å². The molecule has 0 radical (unpaired) electrons. The third-order valence-electron chi connectivity index (χ3n) is 3.54. The van der Waals surface area contributed by atoms with Gasteiger partial charge in [-0.3, -0.25) is 0 Å². The summed E-state index contributed by atoms with van der Waals surface area (Å²) in [5.74, 6) is 1.20. The molecular formula is C17H15N5OS. The van der Waals surface area contributed by atoms with E-state index in [4.69, 9.17) is 9.78 Å². The summed E-state index contributed by atoms with van der Waals surface area (Å²) in [7, 11) is 0. The highest BCUT2D eigenvalue weighted by molar-refractivity contribution is 7.98. The Morgan fingerprint density at radius 3 is 2.79 bits per heavy atom. The van der Waals surface area contributed by atoms with E-state index in [1.807, 2.05) is 38.3 Å². The van der Waals surface area contributed by atoms with E-state index in [1.54, 1.807) is 12.3 Å². The fourth-order valence-corrected chi connectivity index (χ4v) is 2.90. The van der Waals surface area contributed by atoms with Crippen molar-refractivity contribution in [2.45, 2.75) is 18.9 Å². The minimum atomic E-state index is 0.480. The summed E-state index contributed by atoms with van der Waals surface area (Å²) in [6.45, 7) is 3.80. The quantitative estimate of drug-likeness (QED) is 0.717. The molecule has 1 N–H and O–H groups in total. The van der Waals surface area contributed by atoms with Crippen LogP contribution in [0, 0.1) is 25.2 Å². The van der Waals surface area contributed by atoms with Gasteiger partial charge in [-0.15, -0.1) is 11.8 Å². The van der Waals surface area contributed by atoms with E-state index in [0.29, 0.717) is 11.5 Å². The Morgan fingerprint density at radius 1 is 1.25 bits per heavy atom. The average Bonchev–Trinajstić information content (AvgIpc) is 2.97. The molecule has 0 fully saturated rings. The van der Waals surface area contributed by atoms with Crippen LogP contribution in [-0.4, -0.2) is 21.4 Å². The molecule has 0 unspecified atom stereocenters. The predicted octanol–water partition coefficient (Wildman–Crippen LogP) is 4.09. The van der Waals surface area contributed by atoms with Crippen LogP contribution in [0.1, 0.15) is 16.9 Å². The number of anilines is 2. The number of aryl methyl sites for hydroxylation is 2. The summed E-state index contributed by atoms with van der Waals surface area (Å²) >= 11 is 1.51. The van der Waals surface area contributed by atoms with Crippen LogP contribution < -0.4 is 5.32 Å². The number of hydrogen-bond acceptors (Lipinski definition) is 7. The molecule has 0 saturated heterocycles. The molecule has 0 bridgehead atoms. The van der Waals surface area contributed by atoms with Crippen molar-refractivity contribution in [1.29, 1.82) is 5.26 Å². The molecule has 7 heteroatoms. The Labute approximate surface area is 143 Å². The fourth-order valence-electron chi connectivity index (χ4n) is 2.33. The van der Waals surface area contributed by atoms with Crippen molar-refractivity contribution < 1.29 is 4.52 Å². The first-order valence-electron chi connectivity index (χ1n) is 7.24. The zero-order chi connectivity index (χ0) is 17.1. The molecule has 0 aliphatic carbocycles. The van der Waals surface area contributed by atoms with Crippen LogP contribution in [0.3, 0.4) is 0 Å². The van der Waals surface area contributed by atoms with E-state index < -0.39 is 0 Å². The monoisotopic (exact) mass is 337 g/mol. The summed E-state index contributed by atoms with van der Waals surface area (Å²) in [6.07, 6.45) is 3.64. The highest BCUT2D eigenvalue weighted by Crippen LogP contribution is 2.31. The topological polar surface area (TPSA) is 87.6 Å². The summed E-state index contributed by atoms with van der Waals surface area (Å²) in [5.41, 5.74) is 4.07. The Balaban J connectivity index is 1.94. The number of hydrogen-bond donors (Lipinski definition) is 1. The standard InChI is InChI=1S/C17H15N5OS/c1-10-8-12(9-18)4-5-13(10)20-17-19-7-6-14(21-17)15-11(2)23-22-16(15)24-3/h4-8H,1-3H3,(H,19,20,21). The predicted molar refractivity (Wildman–Crippen MR) is 93.2 cm³/mol. The van der Waals surface area contributed by atoms with Crippen LogP contribution in [0.5, 0.6) is 0 Å². The molecule has 0 saturated carbocycles. The van der Waals surface area contributed by atoms with Gasteiger partial charge in [-0.2, -0.15) is 5.26 Å². The van der Waals surface area contributed by atoms with Gasteiger partial charge in [0.25, 0.3) is 0 Å². The second-order valence-electron chi connectivity index (χ2n) is 5.16. The summed E-state index contributed by atoms with van der Waals surface area (Å²) < 4.78 is 5.26. The van der Waals surface area contributed by atoms with Crippen LogP contribution in [-0.2, 0) is 0 Å². The first kappa shape index (κ1) is 16.0. The molecule has 0 amide bonds. The van der Waals surface area contributed by atoms with Crippen molar-refractivity contribution in [3.63, 3.8) is 0 Å². The van der Waals surface area contributed by atoms with E-state index in [2.05, 4.69) is 26.5 Å². The lowest BCUT2D eigenvalue weighted by atomic mass is 10.1. The molecule has 3 rings (SSSR count). The zero-order valence-corrected chi connectivity index (χ0v) is 14.3. The van der Waals surface area contributed by atoms with Gasteiger partial charge in [-0.25, -0.2) is 9.97 Å². The number of nitrogens with one attached hydrogen (secondary N) is 1. The zero-order valence-electron chi connectivity index (χ0n) is 13.5. The van der Waals surface area contributed by atoms with Gasteiger partial charge in [0.05, 0.1) is 22.9 Å². The number of rotatable bonds is 4. The molecule has 24 heavy (non-hydrogen) atoms. The van der Waals surface area contributed by atoms with Crippen molar-refractivity contribution >= 4 is 23.4 Å². The van der Waals surface area contributed by atoms with Gasteiger partial charge < -0.3 is 9.84 Å². The van der Waals surface area contributed by atoms with Crippen LogP contribution in [0.15, 0.2) is 40.0 Å². The van der Waals surface area contributed by atoms with E-state index in [-0.39, 0.29) is 0 Å². The molecular weight excluding hydrogens is 322 g/mol. The molecule has 0 aliphatic heterocycles. The van der Waals surface area contributed by atoms with Crippen molar-refractivity contribution in [2.75, 3.05) is 11.6 Å². The molecule has 3 aromatic rings. The second-order valence-corrected chi connectivity index (χ2v) is 5.95. The first-order valence-corrected chi connectivity index (χ1v) is 8.46. The maximum absolute atomic E-state index is 8.95. The molecule has 0 spiro atoms. The average molecular weight is 337 g/mol. The minimum absolute atomic E-state index is 0.480. The van der Waals surface area contributed by atoms with Crippen molar-refractivity contribution in [2.24, 2.45) is 0 Å². The summed E-state index contributed by atoms with van der Waals surface area (Å²) in [4.78, 5) is 8.83. The van der Waals surface area contributed by atoms with E-state index in [1.165, 1.54) is 11.8 Å². The number of benzene rings is 1. The van der Waals surface area contributed by atoms with Gasteiger partial charge >= 0.3 is 0 Å². The van der Waals surface area contributed by atoms with Crippen molar-refractivity contribution in [3.8, 4) is 17.3 Å². The second kappa shape index (κ2) is 6.72. The van der Waals surface area contributed by atoms with Gasteiger partial charge in [0.2, 0.25) is 5.95 Å². The van der Waals surface area contributed by atoms with E-state index >= 15 is 0 Å². The molecule has 0 aliphatic rings. The lowest BCUT2D eigenvalue weighted by Gasteiger charge is -2.09. The summed E-state index contributed by atoms with van der Waals surface area (Å²) in [5, 5.41) is 17.0. The normalized spacial score (nSPS) is 10.4.